The summed E-state index contributed by atoms with van der Waals surface area (Å²) >= 11 is 0. The van der Waals surface area contributed by atoms with Crippen LogP contribution in [-0.2, 0) is 0 Å². The third-order valence-electron chi connectivity index (χ3n) is 4.74. The minimum absolute atomic E-state index is 0.102. The summed E-state index contributed by atoms with van der Waals surface area (Å²) in [4.78, 5) is 0. The Labute approximate surface area is 107 Å². The molecule has 2 nitrogen and oxygen atoms in total. The lowest BCUT2D eigenvalue weighted by Crippen LogP contribution is -2.64. The first-order chi connectivity index (χ1) is 8.72. The predicted molar refractivity (Wildman–Crippen MR) is 68.9 cm³/mol. The second kappa shape index (κ2) is 4.54. The van der Waals surface area contributed by atoms with Crippen LogP contribution >= 0.6 is 0 Å². The Balaban J connectivity index is 1.75. The van der Waals surface area contributed by atoms with E-state index in [-0.39, 0.29) is 23.4 Å². The number of halogens is 1. The summed E-state index contributed by atoms with van der Waals surface area (Å²) in [5, 5.41) is 0. The maximum absolute atomic E-state index is 13.6. The van der Waals surface area contributed by atoms with Gasteiger partial charge in [0, 0.05) is 17.9 Å². The van der Waals surface area contributed by atoms with Gasteiger partial charge in [-0.3, -0.25) is 0 Å². The van der Waals surface area contributed by atoms with E-state index in [0.29, 0.717) is 5.75 Å². The van der Waals surface area contributed by atoms with Crippen molar-refractivity contribution < 1.29 is 9.13 Å². The molecule has 98 valence electrons. The molecule has 18 heavy (non-hydrogen) atoms. The Kier molecular flexibility index (Phi) is 3.02. The molecular formula is C15H20FNO. The lowest BCUT2D eigenvalue weighted by atomic mass is 9.55. The molecule has 0 aromatic heterocycles. The molecule has 2 fully saturated rings. The van der Waals surface area contributed by atoms with Crippen LogP contribution in [0.5, 0.6) is 5.75 Å². The SMILES string of the molecule is NC1CC(Oc2ccccc2F)C12CCCCC2. The normalized spacial score (nSPS) is 29.9. The van der Waals surface area contributed by atoms with Crippen molar-refractivity contribution in [1.29, 1.82) is 0 Å². The maximum Gasteiger partial charge on any atom is 0.165 e. The Bertz CT molecular complexity index is 428. The molecule has 1 aromatic rings. The fourth-order valence-corrected chi connectivity index (χ4v) is 3.54. The first-order valence-corrected chi connectivity index (χ1v) is 6.89. The molecule has 2 aliphatic carbocycles. The molecule has 0 aliphatic heterocycles. The zero-order chi connectivity index (χ0) is 12.6. The molecule has 3 heteroatoms. The summed E-state index contributed by atoms with van der Waals surface area (Å²) < 4.78 is 19.5. The number of hydrogen-bond acceptors (Lipinski definition) is 2. The van der Waals surface area contributed by atoms with Crippen molar-refractivity contribution in [2.45, 2.75) is 50.7 Å². The van der Waals surface area contributed by atoms with Crippen LogP contribution in [0, 0.1) is 11.2 Å². The Morgan fingerprint density at radius 1 is 1.17 bits per heavy atom. The van der Waals surface area contributed by atoms with Gasteiger partial charge in [0.1, 0.15) is 6.10 Å². The van der Waals surface area contributed by atoms with Gasteiger partial charge in [0.2, 0.25) is 0 Å². The molecule has 2 N–H and O–H groups in total. The van der Waals surface area contributed by atoms with Crippen LogP contribution in [-0.4, -0.2) is 12.1 Å². The molecule has 0 bridgehead atoms. The van der Waals surface area contributed by atoms with Crippen LogP contribution in [0.15, 0.2) is 24.3 Å². The smallest absolute Gasteiger partial charge is 0.165 e. The Morgan fingerprint density at radius 3 is 2.56 bits per heavy atom. The molecular weight excluding hydrogens is 229 g/mol. The van der Waals surface area contributed by atoms with Crippen molar-refractivity contribution in [3.05, 3.63) is 30.1 Å². The highest BCUT2D eigenvalue weighted by Gasteiger charge is 2.55. The summed E-state index contributed by atoms with van der Waals surface area (Å²) in [6.45, 7) is 0. The van der Waals surface area contributed by atoms with Gasteiger partial charge in [0.25, 0.3) is 0 Å². The Hall–Kier alpha value is -1.09. The van der Waals surface area contributed by atoms with E-state index in [9.17, 15) is 4.39 Å². The van der Waals surface area contributed by atoms with E-state index in [4.69, 9.17) is 10.5 Å². The molecule has 1 spiro atoms. The summed E-state index contributed by atoms with van der Waals surface area (Å²) in [5.74, 6) is 0.100. The Morgan fingerprint density at radius 2 is 1.89 bits per heavy atom. The standard InChI is InChI=1S/C15H20FNO/c16-11-6-2-3-7-12(11)18-14-10-13(17)15(14)8-4-1-5-9-15/h2-3,6-7,13-14H,1,4-5,8-10,17H2. The number of rotatable bonds is 2. The van der Waals surface area contributed by atoms with Crippen molar-refractivity contribution in [2.75, 3.05) is 0 Å². The van der Waals surface area contributed by atoms with Crippen LogP contribution in [0.25, 0.3) is 0 Å². The van der Waals surface area contributed by atoms with Crippen molar-refractivity contribution in [3.63, 3.8) is 0 Å². The molecule has 0 radical (unpaired) electrons. The summed E-state index contributed by atoms with van der Waals surface area (Å²) in [6, 6.07) is 6.88. The minimum Gasteiger partial charge on any atom is -0.487 e. The molecule has 2 unspecified atom stereocenters. The number of para-hydroxylation sites is 1. The monoisotopic (exact) mass is 249 g/mol. The number of benzene rings is 1. The predicted octanol–water partition coefficient (Wildman–Crippen LogP) is 3.25. The van der Waals surface area contributed by atoms with Gasteiger partial charge in [-0.2, -0.15) is 0 Å². The lowest BCUT2D eigenvalue weighted by Gasteiger charge is -2.56. The van der Waals surface area contributed by atoms with E-state index < -0.39 is 0 Å². The average molecular weight is 249 g/mol. The molecule has 2 saturated carbocycles. The van der Waals surface area contributed by atoms with E-state index in [1.807, 2.05) is 6.07 Å². The third kappa shape index (κ3) is 1.81. The van der Waals surface area contributed by atoms with Gasteiger partial charge in [-0.15, -0.1) is 0 Å². The van der Waals surface area contributed by atoms with Crippen LogP contribution in [0.1, 0.15) is 38.5 Å². The molecule has 0 heterocycles. The van der Waals surface area contributed by atoms with Gasteiger partial charge in [-0.1, -0.05) is 31.4 Å². The van der Waals surface area contributed by atoms with Crippen LogP contribution in [0.3, 0.4) is 0 Å². The fourth-order valence-electron chi connectivity index (χ4n) is 3.54. The maximum atomic E-state index is 13.6. The van der Waals surface area contributed by atoms with Gasteiger partial charge in [0.15, 0.2) is 11.6 Å². The number of hydrogen-bond donors (Lipinski definition) is 1. The van der Waals surface area contributed by atoms with E-state index in [0.717, 1.165) is 19.3 Å². The van der Waals surface area contributed by atoms with Crippen molar-refractivity contribution in [1.82, 2.24) is 0 Å². The zero-order valence-corrected chi connectivity index (χ0v) is 10.6. The van der Waals surface area contributed by atoms with E-state index >= 15 is 0 Å². The number of nitrogens with two attached hydrogens (primary N) is 1. The summed E-state index contributed by atoms with van der Waals surface area (Å²) in [6.07, 6.45) is 6.97. The zero-order valence-electron chi connectivity index (χ0n) is 10.6. The third-order valence-corrected chi connectivity index (χ3v) is 4.74. The molecule has 2 aliphatic rings. The topological polar surface area (TPSA) is 35.2 Å². The fraction of sp³-hybridized carbons (Fsp3) is 0.600. The van der Waals surface area contributed by atoms with Crippen LogP contribution in [0.4, 0.5) is 4.39 Å². The van der Waals surface area contributed by atoms with E-state index in [1.165, 1.54) is 25.3 Å². The number of ether oxygens (including phenoxy) is 1. The highest BCUT2D eigenvalue weighted by atomic mass is 19.1. The molecule has 0 amide bonds. The van der Waals surface area contributed by atoms with E-state index in [1.54, 1.807) is 12.1 Å². The highest BCUT2D eigenvalue weighted by Crippen LogP contribution is 2.52. The van der Waals surface area contributed by atoms with Crippen LogP contribution in [0.2, 0.25) is 0 Å². The summed E-state index contributed by atoms with van der Waals surface area (Å²) in [7, 11) is 0. The highest BCUT2D eigenvalue weighted by molar-refractivity contribution is 5.25. The van der Waals surface area contributed by atoms with E-state index in [2.05, 4.69) is 0 Å². The van der Waals surface area contributed by atoms with Crippen molar-refractivity contribution >= 4 is 0 Å². The minimum atomic E-state index is -0.274. The van der Waals surface area contributed by atoms with Gasteiger partial charge in [-0.05, 0) is 25.0 Å². The second-order valence-electron chi connectivity index (χ2n) is 5.67. The molecule has 0 saturated heterocycles. The average Bonchev–Trinajstić information content (AvgIpc) is 2.41. The first-order valence-electron chi connectivity index (χ1n) is 6.89. The first kappa shape index (κ1) is 12.0. The molecule has 1 aromatic carbocycles. The second-order valence-corrected chi connectivity index (χ2v) is 5.67. The quantitative estimate of drug-likeness (QED) is 0.873. The van der Waals surface area contributed by atoms with Gasteiger partial charge in [-0.25, -0.2) is 4.39 Å². The van der Waals surface area contributed by atoms with Crippen molar-refractivity contribution in [3.8, 4) is 5.75 Å². The van der Waals surface area contributed by atoms with Crippen LogP contribution < -0.4 is 10.5 Å². The summed E-state index contributed by atoms with van der Waals surface area (Å²) in [5.41, 5.74) is 6.31. The lowest BCUT2D eigenvalue weighted by molar-refractivity contribution is -0.0911. The molecule has 2 atom stereocenters. The van der Waals surface area contributed by atoms with Gasteiger partial charge < -0.3 is 10.5 Å². The van der Waals surface area contributed by atoms with Gasteiger partial charge in [0.05, 0.1) is 0 Å². The largest absolute Gasteiger partial charge is 0.487 e. The van der Waals surface area contributed by atoms with Crippen molar-refractivity contribution in [2.24, 2.45) is 11.1 Å². The molecule has 3 rings (SSSR count). The van der Waals surface area contributed by atoms with Gasteiger partial charge >= 0.3 is 0 Å².